The van der Waals surface area contributed by atoms with Gasteiger partial charge in [0, 0.05) is 19.0 Å². The second kappa shape index (κ2) is 2.53. The summed E-state index contributed by atoms with van der Waals surface area (Å²) in [5.74, 6) is 0. The number of halogens is 1. The highest BCUT2D eigenvalue weighted by atomic mass is 79.9. The first kappa shape index (κ1) is 8.19. The van der Waals surface area contributed by atoms with Gasteiger partial charge in [0.15, 0.2) is 4.60 Å². The van der Waals surface area contributed by atoms with Crippen LogP contribution in [0.3, 0.4) is 0 Å². The summed E-state index contributed by atoms with van der Waals surface area (Å²) >= 11 is 3.38. The normalized spacial score (nSPS) is 19.6. The van der Waals surface area contributed by atoms with Crippen LogP contribution in [-0.2, 0) is 12.5 Å². The molecule has 0 radical (unpaired) electrons. The lowest BCUT2D eigenvalue weighted by atomic mass is 10.0. The summed E-state index contributed by atoms with van der Waals surface area (Å²) in [4.78, 5) is 0. The summed E-state index contributed by atoms with van der Waals surface area (Å²) < 4.78 is 2.65. The van der Waals surface area contributed by atoms with Crippen molar-refractivity contribution >= 4 is 15.9 Å². The minimum Gasteiger partial charge on any atom is -0.330 e. The van der Waals surface area contributed by atoms with Gasteiger partial charge in [0.25, 0.3) is 0 Å². The summed E-state index contributed by atoms with van der Waals surface area (Å²) in [5.41, 5.74) is 7.02. The van der Waals surface area contributed by atoms with Crippen molar-refractivity contribution in [2.45, 2.75) is 18.3 Å². The van der Waals surface area contributed by atoms with E-state index in [0.29, 0.717) is 6.54 Å². The average molecular weight is 231 g/mol. The molecule has 4 nitrogen and oxygen atoms in total. The SMILES string of the molecule is Cn1nnc(Br)c1C1(CN)CC1. The van der Waals surface area contributed by atoms with E-state index in [4.69, 9.17) is 5.73 Å². The Labute approximate surface area is 79.3 Å². The van der Waals surface area contributed by atoms with Crippen LogP contribution in [0.1, 0.15) is 18.5 Å². The molecule has 5 heteroatoms. The van der Waals surface area contributed by atoms with Crippen LogP contribution in [0.15, 0.2) is 4.60 Å². The molecule has 1 aromatic heterocycles. The van der Waals surface area contributed by atoms with Gasteiger partial charge < -0.3 is 5.73 Å². The maximum Gasteiger partial charge on any atom is 0.152 e. The maximum atomic E-state index is 5.71. The Hall–Kier alpha value is -0.420. The lowest BCUT2D eigenvalue weighted by Gasteiger charge is -2.11. The predicted molar refractivity (Wildman–Crippen MR) is 48.7 cm³/mol. The van der Waals surface area contributed by atoms with Crippen molar-refractivity contribution in [3.05, 3.63) is 10.3 Å². The van der Waals surface area contributed by atoms with Gasteiger partial charge in [-0.2, -0.15) is 0 Å². The maximum absolute atomic E-state index is 5.71. The Morgan fingerprint density at radius 2 is 2.33 bits per heavy atom. The van der Waals surface area contributed by atoms with E-state index in [2.05, 4.69) is 26.2 Å². The molecule has 1 saturated carbocycles. The molecule has 0 saturated heterocycles. The molecule has 1 fully saturated rings. The van der Waals surface area contributed by atoms with Gasteiger partial charge in [0.1, 0.15) is 0 Å². The lowest BCUT2D eigenvalue weighted by molar-refractivity contribution is 0.593. The van der Waals surface area contributed by atoms with Crippen molar-refractivity contribution in [3.63, 3.8) is 0 Å². The van der Waals surface area contributed by atoms with Gasteiger partial charge in [-0.1, -0.05) is 5.21 Å². The Morgan fingerprint density at radius 1 is 1.67 bits per heavy atom. The fourth-order valence-corrected chi connectivity index (χ4v) is 2.33. The largest absolute Gasteiger partial charge is 0.330 e. The van der Waals surface area contributed by atoms with Gasteiger partial charge in [-0.15, -0.1) is 5.10 Å². The van der Waals surface area contributed by atoms with Gasteiger partial charge in [-0.3, -0.25) is 4.68 Å². The van der Waals surface area contributed by atoms with Crippen LogP contribution in [0.2, 0.25) is 0 Å². The van der Waals surface area contributed by atoms with Gasteiger partial charge in [-0.05, 0) is 28.8 Å². The van der Waals surface area contributed by atoms with Crippen molar-refractivity contribution in [2.24, 2.45) is 12.8 Å². The van der Waals surface area contributed by atoms with E-state index in [9.17, 15) is 0 Å². The van der Waals surface area contributed by atoms with Gasteiger partial charge in [0.05, 0.1) is 5.69 Å². The molecule has 12 heavy (non-hydrogen) atoms. The molecule has 0 amide bonds. The first-order chi connectivity index (χ1) is 5.69. The van der Waals surface area contributed by atoms with Crippen LogP contribution in [0.25, 0.3) is 0 Å². The van der Waals surface area contributed by atoms with E-state index in [-0.39, 0.29) is 5.41 Å². The second-order valence-electron chi connectivity index (χ2n) is 3.34. The third-order valence-electron chi connectivity index (χ3n) is 2.53. The van der Waals surface area contributed by atoms with Crippen molar-refractivity contribution in [1.82, 2.24) is 15.0 Å². The molecule has 2 rings (SSSR count). The fourth-order valence-electron chi connectivity index (χ4n) is 1.58. The number of aromatic nitrogens is 3. The van der Waals surface area contributed by atoms with Crippen LogP contribution in [0.4, 0.5) is 0 Å². The molecule has 0 unspecified atom stereocenters. The third kappa shape index (κ3) is 0.998. The van der Waals surface area contributed by atoms with Crippen molar-refractivity contribution in [2.75, 3.05) is 6.54 Å². The molecule has 0 aromatic carbocycles. The number of aryl methyl sites for hydroxylation is 1. The summed E-state index contributed by atoms with van der Waals surface area (Å²) in [6.45, 7) is 0.687. The zero-order valence-corrected chi connectivity index (χ0v) is 8.50. The predicted octanol–water partition coefficient (Wildman–Crippen LogP) is 0.568. The number of rotatable bonds is 2. The molecule has 1 aliphatic rings. The first-order valence-corrected chi connectivity index (χ1v) is 4.75. The highest BCUT2D eigenvalue weighted by Crippen LogP contribution is 2.48. The topological polar surface area (TPSA) is 56.7 Å². The van der Waals surface area contributed by atoms with E-state index in [1.807, 2.05) is 11.7 Å². The smallest absolute Gasteiger partial charge is 0.152 e. The minimum atomic E-state index is 0.164. The number of hydrogen-bond acceptors (Lipinski definition) is 3. The van der Waals surface area contributed by atoms with Crippen LogP contribution in [0, 0.1) is 0 Å². The minimum absolute atomic E-state index is 0.164. The molecule has 0 aliphatic heterocycles. The molecule has 0 bridgehead atoms. The van der Waals surface area contributed by atoms with Crippen LogP contribution < -0.4 is 5.73 Å². The van der Waals surface area contributed by atoms with Crippen molar-refractivity contribution < 1.29 is 0 Å². The lowest BCUT2D eigenvalue weighted by Crippen LogP contribution is -2.23. The molecule has 1 aliphatic carbocycles. The van der Waals surface area contributed by atoms with E-state index in [1.54, 1.807) is 0 Å². The van der Waals surface area contributed by atoms with Crippen LogP contribution in [0.5, 0.6) is 0 Å². The first-order valence-electron chi connectivity index (χ1n) is 3.95. The van der Waals surface area contributed by atoms with E-state index < -0.39 is 0 Å². The number of nitrogens with zero attached hydrogens (tertiary/aromatic N) is 3. The summed E-state index contributed by atoms with van der Waals surface area (Å²) in [6, 6.07) is 0. The summed E-state index contributed by atoms with van der Waals surface area (Å²) in [7, 11) is 1.91. The Balaban J connectivity index is 2.45. The van der Waals surface area contributed by atoms with Crippen molar-refractivity contribution in [3.8, 4) is 0 Å². The second-order valence-corrected chi connectivity index (χ2v) is 4.09. The van der Waals surface area contributed by atoms with Crippen LogP contribution >= 0.6 is 15.9 Å². The fraction of sp³-hybridized carbons (Fsp3) is 0.714. The number of hydrogen-bond donors (Lipinski definition) is 1. The van der Waals surface area contributed by atoms with Crippen molar-refractivity contribution in [1.29, 1.82) is 0 Å². The van der Waals surface area contributed by atoms with E-state index in [1.165, 1.54) is 0 Å². The molecule has 66 valence electrons. The van der Waals surface area contributed by atoms with Gasteiger partial charge in [0.2, 0.25) is 0 Å². The zero-order chi connectivity index (χ0) is 8.77. The van der Waals surface area contributed by atoms with E-state index in [0.717, 1.165) is 23.1 Å². The van der Waals surface area contributed by atoms with Gasteiger partial charge >= 0.3 is 0 Å². The highest BCUT2D eigenvalue weighted by Gasteiger charge is 2.47. The summed E-state index contributed by atoms with van der Waals surface area (Å²) in [5, 5.41) is 7.88. The number of nitrogens with two attached hydrogens (primary N) is 1. The van der Waals surface area contributed by atoms with E-state index >= 15 is 0 Å². The Morgan fingerprint density at radius 3 is 2.67 bits per heavy atom. The molecule has 2 N–H and O–H groups in total. The Bertz CT molecular complexity index is 283. The molecule has 0 atom stereocenters. The Kier molecular flexibility index (Phi) is 1.73. The van der Waals surface area contributed by atoms with Crippen LogP contribution in [-0.4, -0.2) is 21.5 Å². The van der Waals surface area contributed by atoms with Gasteiger partial charge in [-0.25, -0.2) is 0 Å². The molecule has 1 heterocycles. The molecule has 1 aromatic rings. The quantitative estimate of drug-likeness (QED) is 0.809. The molecular weight excluding hydrogens is 220 g/mol. The zero-order valence-electron chi connectivity index (χ0n) is 6.92. The third-order valence-corrected chi connectivity index (χ3v) is 3.07. The molecule has 0 spiro atoms. The highest BCUT2D eigenvalue weighted by molar-refractivity contribution is 9.10. The monoisotopic (exact) mass is 230 g/mol. The standard InChI is InChI=1S/C7H11BrN4/c1-12-5(6(8)10-11-12)7(4-9)2-3-7/h2-4,9H2,1H3. The molecular formula is C7H11BrN4. The summed E-state index contributed by atoms with van der Waals surface area (Å²) in [6.07, 6.45) is 2.31. The average Bonchev–Trinajstić information content (AvgIpc) is 2.77.